The van der Waals surface area contributed by atoms with E-state index in [1.165, 1.54) is 58.5 Å². The molecular formula is C30H49N3O4. The molecule has 1 unspecified atom stereocenters. The topological polar surface area (TPSA) is 71.1 Å². The highest BCUT2D eigenvalue weighted by Crippen LogP contribution is 2.82. The Bertz CT molecular complexity index is 921. The highest BCUT2D eigenvalue weighted by atomic mass is 16.5. The monoisotopic (exact) mass is 515 g/mol. The molecule has 0 aromatic rings. The van der Waals surface area contributed by atoms with Gasteiger partial charge in [0.1, 0.15) is 0 Å². The first-order valence-corrected chi connectivity index (χ1v) is 15.1. The van der Waals surface area contributed by atoms with Gasteiger partial charge in [0.2, 0.25) is 0 Å². The standard InChI is InChI=1S/C30H49N3O4/c1-19(18-31-26(34)32-12-14-33(15-13-32)27(35)37-5)22-6-7-23-21-16-25(36-4)30-17-20(30)8-11-29(30,3)24(21)9-10-28(22,23)2/h19-25H,6-18H2,1-5H3,(H,31,34)/t19-,20-,21+,22-,23+,24+,25?,28-,29-,30+/m1/s1. The molecule has 1 aliphatic heterocycles. The van der Waals surface area contributed by atoms with E-state index in [9.17, 15) is 9.59 Å². The number of rotatable bonds is 4. The van der Waals surface area contributed by atoms with Crippen molar-refractivity contribution in [1.82, 2.24) is 15.1 Å². The van der Waals surface area contributed by atoms with Crippen LogP contribution >= 0.6 is 0 Å². The zero-order valence-electron chi connectivity index (χ0n) is 23.8. The van der Waals surface area contributed by atoms with Gasteiger partial charge in [0, 0.05) is 45.2 Å². The zero-order valence-corrected chi connectivity index (χ0v) is 23.8. The van der Waals surface area contributed by atoms with E-state index in [0.29, 0.717) is 60.4 Å². The lowest BCUT2D eigenvalue weighted by Gasteiger charge is -2.61. The summed E-state index contributed by atoms with van der Waals surface area (Å²) >= 11 is 0. The Morgan fingerprint density at radius 1 is 0.973 bits per heavy atom. The Labute approximate surface area is 223 Å². The summed E-state index contributed by atoms with van der Waals surface area (Å²) in [7, 11) is 3.38. The molecule has 0 aromatic heterocycles. The molecule has 6 rings (SSSR count). The van der Waals surface area contributed by atoms with Gasteiger partial charge in [-0.25, -0.2) is 9.59 Å². The highest BCUT2D eigenvalue weighted by Gasteiger charge is 2.77. The Morgan fingerprint density at radius 3 is 2.38 bits per heavy atom. The van der Waals surface area contributed by atoms with Crippen molar-refractivity contribution in [3.8, 4) is 0 Å². The minimum absolute atomic E-state index is 0.00781. The second kappa shape index (κ2) is 9.02. The third-order valence-electron chi connectivity index (χ3n) is 13.2. The van der Waals surface area contributed by atoms with Crippen LogP contribution in [0.3, 0.4) is 0 Å². The normalized spacial score (nSPS) is 46.8. The minimum Gasteiger partial charge on any atom is -0.453 e. The molecular weight excluding hydrogens is 466 g/mol. The molecule has 7 heteroatoms. The molecule has 6 fully saturated rings. The van der Waals surface area contributed by atoms with E-state index in [1.807, 2.05) is 12.0 Å². The van der Waals surface area contributed by atoms with Crippen LogP contribution in [0.4, 0.5) is 9.59 Å². The smallest absolute Gasteiger partial charge is 0.409 e. The van der Waals surface area contributed by atoms with Crippen LogP contribution in [0.15, 0.2) is 0 Å². The molecule has 0 aromatic carbocycles. The Hall–Kier alpha value is -1.50. The lowest BCUT2D eigenvalue weighted by Crippen LogP contribution is -2.57. The molecule has 3 amide bonds. The molecule has 1 heterocycles. The number of hydrogen-bond donors (Lipinski definition) is 1. The predicted molar refractivity (Wildman–Crippen MR) is 142 cm³/mol. The highest BCUT2D eigenvalue weighted by molar-refractivity contribution is 5.75. The van der Waals surface area contributed by atoms with Crippen LogP contribution in [0.5, 0.6) is 0 Å². The molecule has 6 aliphatic rings. The molecule has 1 saturated heterocycles. The van der Waals surface area contributed by atoms with Crippen molar-refractivity contribution >= 4 is 12.1 Å². The average Bonchev–Trinajstić information content (AvgIpc) is 3.42. The van der Waals surface area contributed by atoms with Crippen molar-refractivity contribution in [2.75, 3.05) is 46.9 Å². The van der Waals surface area contributed by atoms with E-state index >= 15 is 0 Å². The molecule has 1 N–H and O–H groups in total. The first-order chi connectivity index (χ1) is 17.7. The van der Waals surface area contributed by atoms with Gasteiger partial charge in [0.15, 0.2) is 0 Å². The molecule has 7 nitrogen and oxygen atoms in total. The van der Waals surface area contributed by atoms with E-state index in [0.717, 1.165) is 30.2 Å². The number of amides is 3. The number of fused-ring (bicyclic) bond motifs is 4. The molecule has 0 radical (unpaired) electrons. The van der Waals surface area contributed by atoms with Crippen molar-refractivity contribution in [3.63, 3.8) is 0 Å². The van der Waals surface area contributed by atoms with Gasteiger partial charge in [0.05, 0.1) is 13.2 Å². The van der Waals surface area contributed by atoms with Gasteiger partial charge < -0.3 is 24.6 Å². The maximum Gasteiger partial charge on any atom is 0.409 e. The van der Waals surface area contributed by atoms with Crippen LogP contribution in [0.25, 0.3) is 0 Å². The van der Waals surface area contributed by atoms with Crippen LogP contribution < -0.4 is 5.32 Å². The maximum absolute atomic E-state index is 12.9. The number of hydrogen-bond acceptors (Lipinski definition) is 4. The summed E-state index contributed by atoms with van der Waals surface area (Å²) in [6.45, 7) is 10.5. The van der Waals surface area contributed by atoms with E-state index in [-0.39, 0.29) is 12.1 Å². The fourth-order valence-electron chi connectivity index (χ4n) is 11.3. The Morgan fingerprint density at radius 2 is 1.70 bits per heavy atom. The summed E-state index contributed by atoms with van der Waals surface area (Å²) in [6, 6.07) is 0.00781. The van der Waals surface area contributed by atoms with Gasteiger partial charge in [-0.1, -0.05) is 20.8 Å². The summed E-state index contributed by atoms with van der Waals surface area (Å²) in [5.41, 5.74) is 1.35. The fourth-order valence-corrected chi connectivity index (χ4v) is 11.3. The van der Waals surface area contributed by atoms with Crippen molar-refractivity contribution in [2.24, 2.45) is 51.8 Å². The van der Waals surface area contributed by atoms with Gasteiger partial charge in [0.25, 0.3) is 0 Å². The first kappa shape index (κ1) is 25.8. The van der Waals surface area contributed by atoms with Crippen molar-refractivity contribution < 1.29 is 19.1 Å². The van der Waals surface area contributed by atoms with Crippen molar-refractivity contribution in [2.45, 2.75) is 78.2 Å². The lowest BCUT2D eigenvalue weighted by atomic mass is 9.45. The number of nitrogens with one attached hydrogen (secondary N) is 1. The molecule has 37 heavy (non-hydrogen) atoms. The summed E-state index contributed by atoms with van der Waals surface area (Å²) in [5.74, 6) is 4.54. The first-order valence-electron chi connectivity index (χ1n) is 15.1. The van der Waals surface area contributed by atoms with Crippen LogP contribution in [0, 0.1) is 51.8 Å². The van der Waals surface area contributed by atoms with Crippen LogP contribution in [-0.4, -0.2) is 75.0 Å². The van der Waals surface area contributed by atoms with Gasteiger partial charge in [-0.3, -0.25) is 0 Å². The van der Waals surface area contributed by atoms with E-state index < -0.39 is 0 Å². The van der Waals surface area contributed by atoms with Gasteiger partial charge in [-0.2, -0.15) is 0 Å². The zero-order chi connectivity index (χ0) is 26.2. The Balaban J connectivity index is 1.08. The van der Waals surface area contributed by atoms with E-state index in [1.54, 1.807) is 4.90 Å². The Kier molecular flexibility index (Phi) is 6.28. The van der Waals surface area contributed by atoms with Crippen LogP contribution in [0.1, 0.15) is 72.1 Å². The summed E-state index contributed by atoms with van der Waals surface area (Å²) < 4.78 is 11.1. The number of carbonyl (C=O) groups excluding carboxylic acids is 2. The molecule has 0 bridgehead atoms. The summed E-state index contributed by atoms with van der Waals surface area (Å²) in [6.07, 6.45) is 11.1. The molecule has 10 atom stereocenters. The van der Waals surface area contributed by atoms with Gasteiger partial charge >= 0.3 is 12.1 Å². The molecule has 208 valence electrons. The predicted octanol–water partition coefficient (Wildman–Crippen LogP) is 5.00. The van der Waals surface area contributed by atoms with Crippen LogP contribution in [0.2, 0.25) is 0 Å². The minimum atomic E-state index is -0.309. The SMILES string of the molecule is COC(=O)N1CCN(C(=O)NC[C@@H](C)[C@H]2CC[C@H]3[C@@H]4CC(OC)[C@]56C[C@H]5CC[C@]6(C)[C@H]4CC[C@]23C)CC1. The van der Waals surface area contributed by atoms with Crippen molar-refractivity contribution in [3.05, 3.63) is 0 Å². The van der Waals surface area contributed by atoms with E-state index in [2.05, 4.69) is 26.1 Å². The van der Waals surface area contributed by atoms with E-state index in [4.69, 9.17) is 9.47 Å². The largest absolute Gasteiger partial charge is 0.453 e. The number of methoxy groups -OCH3 is 2. The van der Waals surface area contributed by atoms with Crippen LogP contribution in [-0.2, 0) is 9.47 Å². The molecule has 1 spiro atoms. The lowest BCUT2D eigenvalue weighted by molar-refractivity contribution is -0.160. The van der Waals surface area contributed by atoms with Gasteiger partial charge in [-0.05, 0) is 97.7 Å². The second-order valence-corrected chi connectivity index (χ2v) is 14.1. The van der Waals surface area contributed by atoms with Gasteiger partial charge in [-0.15, -0.1) is 0 Å². The number of carbonyl (C=O) groups is 2. The third-order valence-corrected chi connectivity index (χ3v) is 13.2. The molecule has 5 aliphatic carbocycles. The second-order valence-electron chi connectivity index (χ2n) is 14.1. The number of nitrogens with zero attached hydrogens (tertiary/aromatic N) is 2. The third kappa shape index (κ3) is 3.61. The summed E-state index contributed by atoms with van der Waals surface area (Å²) in [4.78, 5) is 28.2. The quantitative estimate of drug-likeness (QED) is 0.572. The molecule has 5 saturated carbocycles. The maximum atomic E-state index is 12.9. The van der Waals surface area contributed by atoms with Crippen molar-refractivity contribution in [1.29, 1.82) is 0 Å². The average molecular weight is 516 g/mol. The number of piperazine rings is 1. The fraction of sp³-hybridized carbons (Fsp3) is 0.933. The number of urea groups is 1. The summed E-state index contributed by atoms with van der Waals surface area (Å²) in [5, 5.41) is 3.25. The number of ether oxygens (including phenoxy) is 2.